The monoisotopic (exact) mass is 344 g/mol. The molecule has 0 saturated carbocycles. The van der Waals surface area contributed by atoms with Crippen LogP contribution in [0.1, 0.15) is 22.3 Å². The topological polar surface area (TPSA) is 93.3 Å². The summed E-state index contributed by atoms with van der Waals surface area (Å²) in [6, 6.07) is 0.859. The molecule has 1 aromatic heterocycles. The fourth-order valence-corrected chi connectivity index (χ4v) is 1.58. The highest BCUT2D eigenvalue weighted by atomic mass is 127. The summed E-state index contributed by atoms with van der Waals surface area (Å²) in [6.07, 6.45) is -3.27. The number of aromatic nitrogens is 1. The molecule has 16 heavy (non-hydrogen) atoms. The van der Waals surface area contributed by atoms with Crippen LogP contribution in [0.15, 0.2) is 6.07 Å². The largest absolute Gasteiger partial charge is 0.478 e. The van der Waals surface area contributed by atoms with Crippen LogP contribution in [0.5, 0.6) is 0 Å². The van der Waals surface area contributed by atoms with Crippen LogP contribution >= 0.6 is 22.6 Å². The van der Waals surface area contributed by atoms with Gasteiger partial charge >= 0.3 is 11.8 Å². The second-order valence-electron chi connectivity index (χ2n) is 2.59. The normalized spacial score (nSPS) is 10.5. The summed E-state index contributed by atoms with van der Waals surface area (Å²) in [4.78, 5) is 23.3. The zero-order valence-electron chi connectivity index (χ0n) is 7.35. The number of carbonyl (C=O) groups is 1. The van der Waals surface area contributed by atoms with E-state index < -0.39 is 34.3 Å². The van der Waals surface area contributed by atoms with Crippen LogP contribution in [-0.2, 0) is 0 Å². The summed E-state index contributed by atoms with van der Waals surface area (Å²) < 4.78 is 25.0. The van der Waals surface area contributed by atoms with Gasteiger partial charge in [-0.05, 0) is 9.91 Å². The lowest BCUT2D eigenvalue weighted by Crippen LogP contribution is -2.09. The molecule has 0 bridgehead atoms. The number of hydrogen-bond acceptors (Lipinski definition) is 4. The Hall–Kier alpha value is -1.39. The first-order valence-corrected chi connectivity index (χ1v) is 4.78. The molecule has 1 rings (SSSR count). The van der Waals surface area contributed by atoms with E-state index in [4.69, 9.17) is 5.11 Å². The van der Waals surface area contributed by atoms with Crippen molar-refractivity contribution in [3.05, 3.63) is 31.0 Å². The number of nitro groups is 1. The van der Waals surface area contributed by atoms with Crippen molar-refractivity contribution in [3.63, 3.8) is 0 Å². The molecule has 0 aliphatic carbocycles. The number of hydrogen-bond donors (Lipinski definition) is 1. The molecule has 0 amide bonds. The van der Waals surface area contributed by atoms with Gasteiger partial charge in [0.15, 0.2) is 0 Å². The van der Waals surface area contributed by atoms with E-state index in [1.165, 1.54) is 22.6 Å². The highest BCUT2D eigenvalue weighted by Gasteiger charge is 2.31. The van der Waals surface area contributed by atoms with Crippen LogP contribution in [-0.4, -0.2) is 21.0 Å². The molecule has 86 valence electrons. The average Bonchev–Trinajstić information content (AvgIpc) is 2.15. The number of halogens is 3. The van der Waals surface area contributed by atoms with Gasteiger partial charge in [0.2, 0.25) is 3.70 Å². The van der Waals surface area contributed by atoms with Gasteiger partial charge in [-0.3, -0.25) is 0 Å². The van der Waals surface area contributed by atoms with Crippen molar-refractivity contribution >= 4 is 34.4 Å². The molecule has 0 fully saturated rings. The third-order valence-corrected chi connectivity index (χ3v) is 2.18. The zero-order valence-corrected chi connectivity index (χ0v) is 9.51. The second-order valence-corrected chi connectivity index (χ2v) is 3.70. The molecular formula is C7H3F2IN2O4. The van der Waals surface area contributed by atoms with Crippen molar-refractivity contribution in [1.29, 1.82) is 0 Å². The van der Waals surface area contributed by atoms with Gasteiger partial charge in [0.1, 0.15) is 5.56 Å². The van der Waals surface area contributed by atoms with Gasteiger partial charge in [0.25, 0.3) is 6.43 Å². The van der Waals surface area contributed by atoms with Crippen LogP contribution in [0.4, 0.5) is 14.6 Å². The summed E-state index contributed by atoms with van der Waals surface area (Å²) in [5.74, 6) is -2.78. The lowest BCUT2D eigenvalue weighted by Gasteiger charge is -2.05. The van der Waals surface area contributed by atoms with Gasteiger partial charge in [0, 0.05) is 28.7 Å². The number of aromatic carboxylic acids is 1. The highest BCUT2D eigenvalue weighted by molar-refractivity contribution is 14.1. The highest BCUT2D eigenvalue weighted by Crippen LogP contribution is 2.31. The third-order valence-electron chi connectivity index (χ3n) is 1.63. The van der Waals surface area contributed by atoms with Crippen LogP contribution < -0.4 is 0 Å². The van der Waals surface area contributed by atoms with Crippen molar-refractivity contribution < 1.29 is 23.6 Å². The van der Waals surface area contributed by atoms with Crippen LogP contribution in [0.2, 0.25) is 0 Å². The van der Waals surface area contributed by atoms with Crippen molar-refractivity contribution in [1.82, 2.24) is 4.98 Å². The number of pyridine rings is 1. The SMILES string of the molecule is O=C(O)c1cc(I)nc([N+](=O)[O-])c1C(F)F. The first-order chi connectivity index (χ1) is 7.34. The number of alkyl halides is 2. The molecule has 1 N–H and O–H groups in total. The molecule has 0 spiro atoms. The van der Waals surface area contributed by atoms with E-state index in [9.17, 15) is 23.7 Å². The lowest BCUT2D eigenvalue weighted by atomic mass is 10.1. The molecule has 0 aliphatic rings. The lowest BCUT2D eigenvalue weighted by molar-refractivity contribution is -0.391. The fraction of sp³-hybridized carbons (Fsp3) is 0.143. The molecule has 0 saturated heterocycles. The number of carboxylic acid groups (broad SMARTS) is 1. The Morgan fingerprint density at radius 3 is 2.56 bits per heavy atom. The predicted octanol–water partition coefficient (Wildman–Crippen LogP) is 2.23. The van der Waals surface area contributed by atoms with Crippen LogP contribution in [0.25, 0.3) is 0 Å². The summed E-state index contributed by atoms with van der Waals surface area (Å²) in [5, 5.41) is 19.1. The maximum atomic E-state index is 12.5. The Morgan fingerprint density at radius 2 is 2.19 bits per heavy atom. The van der Waals surface area contributed by atoms with Gasteiger partial charge in [0.05, 0.1) is 5.56 Å². The molecule has 0 atom stereocenters. The maximum absolute atomic E-state index is 12.5. The van der Waals surface area contributed by atoms with E-state index in [1.54, 1.807) is 0 Å². The fourth-order valence-electron chi connectivity index (χ4n) is 1.04. The van der Waals surface area contributed by atoms with Crippen molar-refractivity contribution in [2.45, 2.75) is 6.43 Å². The quantitative estimate of drug-likeness (QED) is 0.393. The molecule has 1 aromatic rings. The first kappa shape index (κ1) is 12.7. The molecular weight excluding hydrogens is 341 g/mol. The van der Waals surface area contributed by atoms with Gasteiger partial charge in [-0.25, -0.2) is 13.6 Å². The average molecular weight is 344 g/mol. The Labute approximate surface area is 101 Å². The Bertz CT molecular complexity index is 431. The molecule has 9 heteroatoms. The molecule has 0 aliphatic heterocycles. The number of nitrogens with zero attached hydrogens (tertiary/aromatic N) is 2. The summed E-state index contributed by atoms with van der Waals surface area (Å²) in [6.45, 7) is 0. The number of rotatable bonds is 3. The maximum Gasteiger partial charge on any atom is 0.374 e. The third kappa shape index (κ3) is 2.40. The Balaban J connectivity index is 3.60. The zero-order chi connectivity index (χ0) is 12.5. The predicted molar refractivity (Wildman–Crippen MR) is 55.5 cm³/mol. The smallest absolute Gasteiger partial charge is 0.374 e. The van der Waals surface area contributed by atoms with Gasteiger partial charge < -0.3 is 15.2 Å². The molecule has 0 unspecified atom stereocenters. The van der Waals surface area contributed by atoms with Crippen molar-refractivity contribution in [3.8, 4) is 0 Å². The van der Waals surface area contributed by atoms with Gasteiger partial charge in [-0.2, -0.15) is 0 Å². The molecule has 6 nitrogen and oxygen atoms in total. The van der Waals surface area contributed by atoms with E-state index in [2.05, 4.69) is 4.98 Å². The number of carboxylic acids is 1. The molecule has 0 aromatic carbocycles. The van der Waals surface area contributed by atoms with E-state index in [-0.39, 0.29) is 3.70 Å². The minimum Gasteiger partial charge on any atom is -0.478 e. The van der Waals surface area contributed by atoms with Crippen LogP contribution in [0, 0.1) is 13.8 Å². The van der Waals surface area contributed by atoms with E-state index in [0.717, 1.165) is 6.07 Å². The van der Waals surface area contributed by atoms with E-state index in [0.29, 0.717) is 0 Å². The van der Waals surface area contributed by atoms with E-state index in [1.807, 2.05) is 0 Å². The van der Waals surface area contributed by atoms with Crippen molar-refractivity contribution in [2.75, 3.05) is 0 Å². The Morgan fingerprint density at radius 1 is 1.62 bits per heavy atom. The summed E-state index contributed by atoms with van der Waals surface area (Å²) in [7, 11) is 0. The second kappa shape index (κ2) is 4.63. The van der Waals surface area contributed by atoms with Gasteiger partial charge in [-0.15, -0.1) is 0 Å². The summed E-state index contributed by atoms with van der Waals surface area (Å²) >= 11 is 1.51. The van der Waals surface area contributed by atoms with Crippen molar-refractivity contribution in [2.24, 2.45) is 0 Å². The minimum atomic E-state index is -3.27. The summed E-state index contributed by atoms with van der Waals surface area (Å²) in [5.41, 5.74) is -1.97. The molecule has 1 heterocycles. The van der Waals surface area contributed by atoms with E-state index >= 15 is 0 Å². The Kier molecular flexibility index (Phi) is 3.67. The molecule has 0 radical (unpaired) electrons. The standard InChI is InChI=1S/C7H3F2IN2O4/c8-5(9)4-2(7(13)14)1-3(10)11-6(4)12(15)16/h1,5H,(H,13,14). The first-order valence-electron chi connectivity index (χ1n) is 3.71. The minimum absolute atomic E-state index is 0.0360. The van der Waals surface area contributed by atoms with Crippen LogP contribution in [0.3, 0.4) is 0 Å². The van der Waals surface area contributed by atoms with Gasteiger partial charge in [-0.1, -0.05) is 0 Å².